The number of carboxylic acid groups (broad SMARTS) is 1. The molecule has 0 radical (unpaired) electrons. The summed E-state index contributed by atoms with van der Waals surface area (Å²) in [6.45, 7) is 6.90. The highest BCUT2D eigenvalue weighted by Gasteiger charge is 2.51. The predicted octanol–water partition coefficient (Wildman–Crippen LogP) is 3.47. The van der Waals surface area contributed by atoms with Crippen LogP contribution in [0, 0.1) is 11.8 Å². The van der Waals surface area contributed by atoms with Crippen molar-refractivity contribution in [3.8, 4) is 5.75 Å². The summed E-state index contributed by atoms with van der Waals surface area (Å²) in [5.74, 6) is 0.788. The second kappa shape index (κ2) is 5.24. The molecule has 0 aromatic heterocycles. The van der Waals surface area contributed by atoms with Gasteiger partial charge in [0.2, 0.25) is 0 Å². The molecule has 3 nitrogen and oxygen atoms in total. The third-order valence-electron chi connectivity index (χ3n) is 4.15. The third kappa shape index (κ3) is 2.46. The summed E-state index contributed by atoms with van der Waals surface area (Å²) in [5.41, 5.74) is 0.215. The van der Waals surface area contributed by atoms with E-state index in [1.54, 1.807) is 0 Å². The van der Waals surface area contributed by atoms with Crippen LogP contribution in [0.5, 0.6) is 5.75 Å². The molecule has 2 unspecified atom stereocenters. The number of hydrogen-bond acceptors (Lipinski definition) is 2. The normalized spacial score (nSPS) is 26.0. The van der Waals surface area contributed by atoms with Crippen molar-refractivity contribution in [1.29, 1.82) is 0 Å². The van der Waals surface area contributed by atoms with E-state index in [1.165, 1.54) is 0 Å². The Balaban J connectivity index is 2.15. The van der Waals surface area contributed by atoms with E-state index in [-0.39, 0.29) is 5.92 Å². The Morgan fingerprint density at radius 1 is 1.42 bits per heavy atom. The molecule has 0 bridgehead atoms. The van der Waals surface area contributed by atoms with Crippen LogP contribution in [0.25, 0.3) is 0 Å². The number of carboxylic acids is 1. The molecular weight excluding hydrogens is 240 g/mol. The van der Waals surface area contributed by atoms with E-state index in [0.29, 0.717) is 12.5 Å². The van der Waals surface area contributed by atoms with Gasteiger partial charge in [0.1, 0.15) is 5.75 Å². The molecule has 0 heterocycles. The Labute approximate surface area is 114 Å². The average molecular weight is 262 g/mol. The van der Waals surface area contributed by atoms with Crippen molar-refractivity contribution in [2.24, 2.45) is 11.8 Å². The van der Waals surface area contributed by atoms with Crippen LogP contribution >= 0.6 is 0 Å². The van der Waals surface area contributed by atoms with Crippen LogP contribution in [0.15, 0.2) is 24.3 Å². The summed E-state index contributed by atoms with van der Waals surface area (Å²) in [5, 5.41) is 9.52. The molecule has 1 aliphatic rings. The first kappa shape index (κ1) is 13.9. The van der Waals surface area contributed by atoms with Gasteiger partial charge in [-0.15, -0.1) is 0 Å². The Morgan fingerprint density at radius 3 is 2.42 bits per heavy atom. The smallest absolute Gasteiger partial charge is 0.314 e. The van der Waals surface area contributed by atoms with Gasteiger partial charge in [-0.3, -0.25) is 4.79 Å². The first-order valence-electron chi connectivity index (χ1n) is 6.93. The van der Waals surface area contributed by atoms with E-state index in [4.69, 9.17) is 4.74 Å². The lowest BCUT2D eigenvalue weighted by molar-refractivity contribution is -0.151. The maximum Gasteiger partial charge on any atom is 0.314 e. The summed E-state index contributed by atoms with van der Waals surface area (Å²) in [4.78, 5) is 11.6. The minimum Gasteiger partial charge on any atom is -0.493 e. The number of rotatable bonds is 5. The zero-order valence-corrected chi connectivity index (χ0v) is 11.8. The standard InChI is InChI=1S/C16H22O3/c1-11(2)10-19-14-6-4-13(5-7-14)16(15(17)18)9-8-12(16)3/h4-7,11-12H,8-10H2,1-3H3,(H,17,18). The van der Waals surface area contributed by atoms with Crippen LogP contribution in [0.4, 0.5) is 0 Å². The molecule has 1 saturated carbocycles. The lowest BCUT2D eigenvalue weighted by Gasteiger charge is -2.44. The van der Waals surface area contributed by atoms with Gasteiger partial charge in [-0.05, 0) is 42.4 Å². The zero-order valence-electron chi connectivity index (χ0n) is 11.8. The Bertz CT molecular complexity index is 450. The highest BCUT2D eigenvalue weighted by molar-refractivity contribution is 5.83. The molecule has 0 saturated heterocycles. The molecular formula is C16H22O3. The largest absolute Gasteiger partial charge is 0.493 e. The van der Waals surface area contributed by atoms with Gasteiger partial charge in [-0.25, -0.2) is 0 Å². The van der Waals surface area contributed by atoms with Gasteiger partial charge < -0.3 is 9.84 Å². The number of hydrogen-bond donors (Lipinski definition) is 1. The highest BCUT2D eigenvalue weighted by Crippen LogP contribution is 2.49. The van der Waals surface area contributed by atoms with Gasteiger partial charge in [0.15, 0.2) is 0 Å². The third-order valence-corrected chi connectivity index (χ3v) is 4.15. The van der Waals surface area contributed by atoms with E-state index in [2.05, 4.69) is 13.8 Å². The molecule has 1 N–H and O–H groups in total. The van der Waals surface area contributed by atoms with Crippen LogP contribution in [-0.2, 0) is 10.2 Å². The minimum absolute atomic E-state index is 0.201. The van der Waals surface area contributed by atoms with Crippen molar-refractivity contribution in [2.75, 3.05) is 6.61 Å². The molecule has 1 aliphatic carbocycles. The van der Waals surface area contributed by atoms with E-state index in [0.717, 1.165) is 24.2 Å². The van der Waals surface area contributed by atoms with Gasteiger partial charge in [0, 0.05) is 0 Å². The molecule has 0 aliphatic heterocycles. The van der Waals surface area contributed by atoms with Crippen molar-refractivity contribution in [3.63, 3.8) is 0 Å². The Kier molecular flexibility index (Phi) is 3.83. The number of ether oxygens (including phenoxy) is 1. The molecule has 1 fully saturated rings. The molecule has 1 aromatic carbocycles. The van der Waals surface area contributed by atoms with Crippen LogP contribution in [0.3, 0.4) is 0 Å². The fraction of sp³-hybridized carbons (Fsp3) is 0.562. The van der Waals surface area contributed by atoms with E-state index >= 15 is 0 Å². The number of carbonyl (C=O) groups is 1. The summed E-state index contributed by atoms with van der Waals surface area (Å²) in [6.07, 6.45) is 1.72. The number of benzene rings is 1. The van der Waals surface area contributed by atoms with Crippen LogP contribution in [-0.4, -0.2) is 17.7 Å². The second-order valence-corrected chi connectivity index (χ2v) is 5.95. The second-order valence-electron chi connectivity index (χ2n) is 5.95. The van der Waals surface area contributed by atoms with Gasteiger partial charge in [0.25, 0.3) is 0 Å². The molecule has 19 heavy (non-hydrogen) atoms. The van der Waals surface area contributed by atoms with Gasteiger partial charge in [0.05, 0.1) is 12.0 Å². The lowest BCUT2D eigenvalue weighted by Crippen LogP contribution is -2.49. The van der Waals surface area contributed by atoms with E-state index < -0.39 is 11.4 Å². The molecule has 2 atom stereocenters. The van der Waals surface area contributed by atoms with Crippen LogP contribution in [0.1, 0.15) is 39.2 Å². The molecule has 104 valence electrons. The quantitative estimate of drug-likeness (QED) is 0.883. The lowest BCUT2D eigenvalue weighted by atomic mass is 9.57. The summed E-state index contributed by atoms with van der Waals surface area (Å²) < 4.78 is 5.63. The SMILES string of the molecule is CC(C)COc1ccc(C2(C(=O)O)CCC2C)cc1. The summed E-state index contributed by atoms with van der Waals surface area (Å²) in [6, 6.07) is 7.57. The van der Waals surface area contributed by atoms with Crippen molar-refractivity contribution in [2.45, 2.75) is 39.0 Å². The maximum absolute atomic E-state index is 11.6. The molecule has 2 rings (SSSR count). The maximum atomic E-state index is 11.6. The van der Waals surface area contributed by atoms with Crippen molar-refractivity contribution in [3.05, 3.63) is 29.8 Å². The monoisotopic (exact) mass is 262 g/mol. The summed E-state index contributed by atoms with van der Waals surface area (Å²) in [7, 11) is 0. The molecule has 3 heteroatoms. The first-order chi connectivity index (χ1) is 8.96. The fourth-order valence-electron chi connectivity index (χ4n) is 2.70. The molecule has 0 amide bonds. The van der Waals surface area contributed by atoms with Crippen molar-refractivity contribution < 1.29 is 14.6 Å². The zero-order chi connectivity index (χ0) is 14.0. The minimum atomic E-state index is -0.706. The van der Waals surface area contributed by atoms with Crippen LogP contribution < -0.4 is 4.74 Å². The van der Waals surface area contributed by atoms with Crippen molar-refractivity contribution in [1.82, 2.24) is 0 Å². The average Bonchev–Trinajstić information content (AvgIpc) is 2.36. The van der Waals surface area contributed by atoms with Crippen LogP contribution in [0.2, 0.25) is 0 Å². The first-order valence-corrected chi connectivity index (χ1v) is 6.93. The van der Waals surface area contributed by atoms with Crippen molar-refractivity contribution >= 4 is 5.97 Å². The number of aliphatic carboxylic acids is 1. The van der Waals surface area contributed by atoms with Gasteiger partial charge >= 0.3 is 5.97 Å². The molecule has 0 spiro atoms. The topological polar surface area (TPSA) is 46.5 Å². The van der Waals surface area contributed by atoms with Gasteiger partial charge in [-0.1, -0.05) is 32.9 Å². The van der Waals surface area contributed by atoms with E-state index in [9.17, 15) is 9.90 Å². The fourth-order valence-corrected chi connectivity index (χ4v) is 2.70. The Morgan fingerprint density at radius 2 is 2.05 bits per heavy atom. The predicted molar refractivity (Wildman–Crippen MR) is 74.5 cm³/mol. The van der Waals surface area contributed by atoms with E-state index in [1.807, 2.05) is 31.2 Å². The molecule has 1 aromatic rings. The highest BCUT2D eigenvalue weighted by atomic mass is 16.5. The Hall–Kier alpha value is -1.51. The summed E-state index contributed by atoms with van der Waals surface area (Å²) >= 11 is 0. The van der Waals surface area contributed by atoms with Gasteiger partial charge in [-0.2, -0.15) is 0 Å².